The second-order valence-corrected chi connectivity index (χ2v) is 7.01. The fourth-order valence-corrected chi connectivity index (χ4v) is 2.60. The Balaban J connectivity index is 1.63. The van der Waals surface area contributed by atoms with Gasteiger partial charge in [-0.3, -0.25) is 0 Å². The van der Waals surface area contributed by atoms with Gasteiger partial charge in [0.05, 0.1) is 5.69 Å². The highest BCUT2D eigenvalue weighted by atomic mass is 16.5. The molecule has 1 N–H and O–H groups in total. The lowest BCUT2D eigenvalue weighted by Gasteiger charge is -2.19. The summed E-state index contributed by atoms with van der Waals surface area (Å²) >= 11 is 0. The number of rotatable bonds is 7. The molecule has 5 nitrogen and oxygen atoms in total. The second-order valence-electron chi connectivity index (χ2n) is 7.01. The molecule has 0 bridgehead atoms. The van der Waals surface area contributed by atoms with E-state index >= 15 is 0 Å². The van der Waals surface area contributed by atoms with Crippen LogP contribution in [-0.2, 0) is 17.9 Å². The van der Waals surface area contributed by atoms with E-state index in [0.29, 0.717) is 12.6 Å². The van der Waals surface area contributed by atoms with Crippen LogP contribution >= 0.6 is 0 Å². The van der Waals surface area contributed by atoms with E-state index in [1.54, 1.807) is 0 Å². The van der Waals surface area contributed by atoms with Gasteiger partial charge in [-0.15, -0.1) is 0 Å². The highest BCUT2D eigenvalue weighted by Crippen LogP contribution is 2.17. The van der Waals surface area contributed by atoms with Crippen molar-refractivity contribution in [1.29, 1.82) is 0 Å². The average molecular weight is 295 g/mol. The molecule has 1 aromatic heterocycles. The number of hydrogen-bond donors (Lipinski definition) is 1. The van der Waals surface area contributed by atoms with Gasteiger partial charge in [0.1, 0.15) is 6.61 Å². The number of likely N-dealkylation sites (tertiary alicyclic amines) is 1. The fraction of sp³-hybridized carbons (Fsp3) is 0.812. The number of nitrogens with one attached hydrogen (secondary N) is 1. The topological polar surface area (TPSA) is 50.5 Å². The molecular weight excluding hydrogens is 266 g/mol. The van der Waals surface area contributed by atoms with Gasteiger partial charge in [0, 0.05) is 30.8 Å². The molecule has 0 aromatic carbocycles. The van der Waals surface area contributed by atoms with E-state index in [0.717, 1.165) is 31.0 Å². The van der Waals surface area contributed by atoms with Gasteiger partial charge < -0.3 is 19.5 Å². The summed E-state index contributed by atoms with van der Waals surface area (Å²) in [6.45, 7) is 9.65. The molecule has 1 atom stereocenters. The summed E-state index contributed by atoms with van der Waals surface area (Å²) in [6.07, 6.45) is 3.71. The monoisotopic (exact) mass is 295 g/mol. The molecule has 120 valence electrons. The first kappa shape index (κ1) is 16.5. The summed E-state index contributed by atoms with van der Waals surface area (Å²) in [7, 11) is 2.20. The Morgan fingerprint density at radius 3 is 2.95 bits per heavy atom. The predicted octanol–water partition coefficient (Wildman–Crippen LogP) is 2.56. The van der Waals surface area contributed by atoms with Crippen molar-refractivity contribution in [3.8, 4) is 0 Å². The molecule has 0 radical (unpaired) electrons. The van der Waals surface area contributed by atoms with Crippen molar-refractivity contribution >= 4 is 0 Å². The van der Waals surface area contributed by atoms with Crippen molar-refractivity contribution in [2.24, 2.45) is 0 Å². The standard InChI is InChI=1S/C16H29N3O2/c1-16(2,3)17-11-13-10-15(21-18-13)12-20-9-7-14-6-5-8-19(14)4/h10,14,17H,5-9,11-12H2,1-4H3. The maximum Gasteiger partial charge on any atom is 0.162 e. The molecule has 0 aliphatic carbocycles. The second kappa shape index (κ2) is 7.38. The first-order valence-electron chi connectivity index (χ1n) is 7.91. The van der Waals surface area contributed by atoms with Crippen molar-refractivity contribution in [1.82, 2.24) is 15.4 Å². The van der Waals surface area contributed by atoms with Crippen LogP contribution in [0.5, 0.6) is 0 Å². The molecule has 1 saturated heterocycles. The van der Waals surface area contributed by atoms with Crippen molar-refractivity contribution < 1.29 is 9.26 Å². The molecule has 0 amide bonds. The SMILES string of the molecule is CN1CCCC1CCOCc1cc(CNC(C)(C)C)no1. The molecule has 2 heterocycles. The first-order chi connectivity index (χ1) is 9.94. The fourth-order valence-electron chi connectivity index (χ4n) is 2.60. The zero-order valence-electron chi connectivity index (χ0n) is 13.8. The van der Waals surface area contributed by atoms with Crippen LogP contribution in [0.1, 0.15) is 51.5 Å². The van der Waals surface area contributed by atoms with E-state index < -0.39 is 0 Å². The zero-order valence-corrected chi connectivity index (χ0v) is 13.8. The van der Waals surface area contributed by atoms with Crippen LogP contribution in [0.2, 0.25) is 0 Å². The van der Waals surface area contributed by atoms with Crippen LogP contribution in [0, 0.1) is 0 Å². The number of nitrogens with zero attached hydrogens (tertiary/aromatic N) is 2. The quantitative estimate of drug-likeness (QED) is 0.784. The Labute approximate surface area is 128 Å². The third kappa shape index (κ3) is 5.77. The van der Waals surface area contributed by atoms with E-state index in [4.69, 9.17) is 9.26 Å². The van der Waals surface area contributed by atoms with E-state index in [-0.39, 0.29) is 5.54 Å². The lowest BCUT2D eigenvalue weighted by Crippen LogP contribution is -2.35. The average Bonchev–Trinajstić information content (AvgIpc) is 3.01. The van der Waals surface area contributed by atoms with Crippen LogP contribution in [0.25, 0.3) is 0 Å². The molecule has 1 aliphatic rings. The lowest BCUT2D eigenvalue weighted by molar-refractivity contribution is 0.0854. The Bertz CT molecular complexity index is 425. The number of hydrogen-bond acceptors (Lipinski definition) is 5. The number of ether oxygens (including phenoxy) is 1. The van der Waals surface area contributed by atoms with Gasteiger partial charge in [0.15, 0.2) is 5.76 Å². The van der Waals surface area contributed by atoms with Gasteiger partial charge in [-0.05, 0) is 53.6 Å². The molecule has 0 spiro atoms. The van der Waals surface area contributed by atoms with Gasteiger partial charge in [0.25, 0.3) is 0 Å². The van der Waals surface area contributed by atoms with Crippen molar-refractivity contribution in [2.45, 2.75) is 64.8 Å². The van der Waals surface area contributed by atoms with Crippen LogP contribution in [0.4, 0.5) is 0 Å². The molecule has 1 fully saturated rings. The molecule has 1 aromatic rings. The Hall–Kier alpha value is -0.910. The smallest absolute Gasteiger partial charge is 0.162 e. The summed E-state index contributed by atoms with van der Waals surface area (Å²) in [4.78, 5) is 2.42. The first-order valence-corrected chi connectivity index (χ1v) is 7.91. The van der Waals surface area contributed by atoms with Crippen molar-refractivity contribution in [3.63, 3.8) is 0 Å². The van der Waals surface area contributed by atoms with E-state index in [1.807, 2.05) is 6.07 Å². The van der Waals surface area contributed by atoms with Gasteiger partial charge >= 0.3 is 0 Å². The third-order valence-electron chi connectivity index (χ3n) is 3.92. The van der Waals surface area contributed by atoms with Crippen LogP contribution in [-0.4, -0.2) is 41.8 Å². The largest absolute Gasteiger partial charge is 0.373 e. The highest BCUT2D eigenvalue weighted by molar-refractivity contribution is 5.04. The molecule has 5 heteroatoms. The highest BCUT2D eigenvalue weighted by Gasteiger charge is 2.20. The van der Waals surface area contributed by atoms with Gasteiger partial charge in [-0.25, -0.2) is 0 Å². The minimum atomic E-state index is 0.0862. The maximum absolute atomic E-state index is 5.71. The molecule has 1 unspecified atom stereocenters. The molecule has 1 aliphatic heterocycles. The Kier molecular flexibility index (Phi) is 5.79. The van der Waals surface area contributed by atoms with Gasteiger partial charge in [0.2, 0.25) is 0 Å². The van der Waals surface area contributed by atoms with E-state index in [1.165, 1.54) is 19.4 Å². The summed E-state index contributed by atoms with van der Waals surface area (Å²) in [5.74, 6) is 0.806. The molecule has 2 rings (SSSR count). The Morgan fingerprint density at radius 1 is 1.48 bits per heavy atom. The number of aromatic nitrogens is 1. The van der Waals surface area contributed by atoms with E-state index in [2.05, 4.69) is 43.2 Å². The zero-order chi connectivity index (χ0) is 15.3. The predicted molar refractivity (Wildman–Crippen MR) is 83.0 cm³/mol. The lowest BCUT2D eigenvalue weighted by atomic mass is 10.1. The summed E-state index contributed by atoms with van der Waals surface area (Å²) in [6, 6.07) is 2.66. The Morgan fingerprint density at radius 2 is 2.29 bits per heavy atom. The summed E-state index contributed by atoms with van der Waals surface area (Å²) in [5.41, 5.74) is 1.02. The van der Waals surface area contributed by atoms with Crippen molar-refractivity contribution in [3.05, 3.63) is 17.5 Å². The van der Waals surface area contributed by atoms with Gasteiger partial charge in [-0.1, -0.05) is 5.16 Å². The van der Waals surface area contributed by atoms with Crippen LogP contribution in [0.3, 0.4) is 0 Å². The summed E-state index contributed by atoms with van der Waals surface area (Å²) in [5, 5.41) is 7.45. The molecule has 0 saturated carbocycles. The minimum Gasteiger partial charge on any atom is -0.373 e. The minimum absolute atomic E-state index is 0.0862. The van der Waals surface area contributed by atoms with Crippen LogP contribution < -0.4 is 5.32 Å². The van der Waals surface area contributed by atoms with Gasteiger partial charge in [-0.2, -0.15) is 0 Å². The van der Waals surface area contributed by atoms with Crippen molar-refractivity contribution in [2.75, 3.05) is 20.2 Å². The van der Waals surface area contributed by atoms with Crippen LogP contribution in [0.15, 0.2) is 10.6 Å². The van der Waals surface area contributed by atoms with E-state index in [9.17, 15) is 0 Å². The summed E-state index contributed by atoms with van der Waals surface area (Å²) < 4.78 is 11.0. The normalized spacial score (nSPS) is 20.3. The maximum atomic E-state index is 5.71. The molecule has 21 heavy (non-hydrogen) atoms. The third-order valence-corrected chi connectivity index (χ3v) is 3.92. The molecular formula is C16H29N3O2.